The molecular weight excluding hydrogens is 280 g/mol. The van der Waals surface area contributed by atoms with E-state index in [1.54, 1.807) is 12.1 Å². The van der Waals surface area contributed by atoms with Gasteiger partial charge in [0.05, 0.1) is 24.2 Å². The number of hydrogen-bond acceptors (Lipinski definition) is 5. The fourth-order valence-electron chi connectivity index (χ4n) is 2.60. The number of nitrogens with zero attached hydrogens (tertiary/aromatic N) is 1. The van der Waals surface area contributed by atoms with Gasteiger partial charge in [0.15, 0.2) is 0 Å². The molecule has 20 heavy (non-hydrogen) atoms. The number of aliphatic hydroxyl groups is 1. The minimum Gasteiger partial charge on any atom is -0.394 e. The van der Waals surface area contributed by atoms with Gasteiger partial charge in [0, 0.05) is 26.2 Å². The summed E-state index contributed by atoms with van der Waals surface area (Å²) in [7, 11) is -3.51. The molecule has 1 unspecified atom stereocenters. The lowest BCUT2D eigenvalue weighted by molar-refractivity contribution is -0.0304. The average molecular weight is 298 g/mol. The van der Waals surface area contributed by atoms with Crippen molar-refractivity contribution in [2.75, 3.05) is 26.3 Å². The Labute approximate surface area is 118 Å². The Morgan fingerprint density at radius 1 is 1.35 bits per heavy atom. The molecule has 2 aliphatic rings. The highest BCUT2D eigenvalue weighted by Gasteiger charge is 2.31. The molecule has 1 saturated heterocycles. The van der Waals surface area contributed by atoms with Gasteiger partial charge >= 0.3 is 0 Å². The number of rotatable bonds is 3. The molecular formula is C13H18N2O4S. The molecule has 2 aliphatic heterocycles. The van der Waals surface area contributed by atoms with Gasteiger partial charge in [-0.2, -0.15) is 4.31 Å². The zero-order valence-electron chi connectivity index (χ0n) is 11.1. The van der Waals surface area contributed by atoms with Crippen LogP contribution >= 0.6 is 0 Å². The smallest absolute Gasteiger partial charge is 0.243 e. The third-order valence-corrected chi connectivity index (χ3v) is 5.61. The molecule has 0 spiro atoms. The highest BCUT2D eigenvalue weighted by atomic mass is 32.2. The second-order valence-corrected chi connectivity index (χ2v) is 7.01. The Morgan fingerprint density at radius 2 is 2.15 bits per heavy atom. The number of ether oxygens (including phenoxy) is 1. The van der Waals surface area contributed by atoms with Crippen molar-refractivity contribution in [3.05, 3.63) is 29.3 Å². The second-order valence-electron chi connectivity index (χ2n) is 5.07. The van der Waals surface area contributed by atoms with Gasteiger partial charge in [-0.15, -0.1) is 0 Å². The number of nitrogens with one attached hydrogen (secondary N) is 1. The fraction of sp³-hybridized carbons (Fsp3) is 0.538. The van der Waals surface area contributed by atoms with Crippen molar-refractivity contribution >= 4 is 10.0 Å². The molecule has 1 fully saturated rings. The molecule has 0 bridgehead atoms. The largest absolute Gasteiger partial charge is 0.394 e. The van der Waals surface area contributed by atoms with E-state index < -0.39 is 16.1 Å². The van der Waals surface area contributed by atoms with Gasteiger partial charge in [0.1, 0.15) is 0 Å². The number of aliphatic hydroxyl groups excluding tert-OH is 1. The maximum atomic E-state index is 12.6. The molecule has 1 aromatic rings. The summed E-state index contributed by atoms with van der Waals surface area (Å²) in [5.74, 6) is 0. The monoisotopic (exact) mass is 298 g/mol. The van der Waals surface area contributed by atoms with Gasteiger partial charge in [-0.25, -0.2) is 8.42 Å². The molecule has 2 heterocycles. The summed E-state index contributed by atoms with van der Waals surface area (Å²) in [5, 5.41) is 12.3. The maximum absolute atomic E-state index is 12.6. The molecule has 1 atom stereocenters. The van der Waals surface area contributed by atoms with Crippen LogP contribution in [0.5, 0.6) is 0 Å². The molecule has 7 heteroatoms. The summed E-state index contributed by atoms with van der Waals surface area (Å²) >= 11 is 0. The SMILES string of the molecule is O=S(=O)(c1ccc2c(c1)CNC2)N1CCOC(CO)C1. The second kappa shape index (κ2) is 5.42. The third kappa shape index (κ3) is 2.47. The number of fused-ring (bicyclic) bond motifs is 1. The summed E-state index contributed by atoms with van der Waals surface area (Å²) in [5.41, 5.74) is 2.19. The van der Waals surface area contributed by atoms with Crippen molar-refractivity contribution in [2.45, 2.75) is 24.1 Å². The van der Waals surface area contributed by atoms with Crippen LogP contribution in [0.1, 0.15) is 11.1 Å². The highest BCUT2D eigenvalue weighted by Crippen LogP contribution is 2.23. The molecule has 0 saturated carbocycles. The molecule has 0 amide bonds. The van der Waals surface area contributed by atoms with Crippen LogP contribution in [-0.4, -0.2) is 50.2 Å². The van der Waals surface area contributed by atoms with Crippen molar-refractivity contribution in [1.29, 1.82) is 0 Å². The van der Waals surface area contributed by atoms with Crippen LogP contribution in [0.3, 0.4) is 0 Å². The molecule has 6 nitrogen and oxygen atoms in total. The Kier molecular flexibility index (Phi) is 3.78. The number of morpholine rings is 1. The summed E-state index contributed by atoms with van der Waals surface area (Å²) in [6, 6.07) is 5.27. The predicted octanol–water partition coefficient (Wildman–Crippen LogP) is -0.328. The Balaban J connectivity index is 1.87. The lowest BCUT2D eigenvalue weighted by Gasteiger charge is -2.31. The molecule has 1 aromatic carbocycles. The molecule has 0 radical (unpaired) electrons. The quantitative estimate of drug-likeness (QED) is 0.799. The zero-order chi connectivity index (χ0) is 14.2. The summed E-state index contributed by atoms with van der Waals surface area (Å²) in [4.78, 5) is 0.318. The zero-order valence-corrected chi connectivity index (χ0v) is 11.9. The lowest BCUT2D eigenvalue weighted by Crippen LogP contribution is -2.46. The Morgan fingerprint density at radius 3 is 2.95 bits per heavy atom. The van der Waals surface area contributed by atoms with Gasteiger partial charge in [0.25, 0.3) is 0 Å². The number of sulfonamides is 1. The van der Waals surface area contributed by atoms with Crippen LogP contribution < -0.4 is 5.32 Å². The van der Waals surface area contributed by atoms with E-state index >= 15 is 0 Å². The van der Waals surface area contributed by atoms with E-state index in [2.05, 4.69) is 5.32 Å². The van der Waals surface area contributed by atoms with Crippen LogP contribution in [0.2, 0.25) is 0 Å². The van der Waals surface area contributed by atoms with Crippen LogP contribution in [-0.2, 0) is 27.8 Å². The summed E-state index contributed by atoms with van der Waals surface area (Å²) in [6.45, 7) is 2.18. The fourth-order valence-corrected chi connectivity index (χ4v) is 4.11. The first-order valence-electron chi connectivity index (χ1n) is 6.66. The normalized spacial score (nSPS) is 23.8. The highest BCUT2D eigenvalue weighted by molar-refractivity contribution is 7.89. The molecule has 0 aromatic heterocycles. The van der Waals surface area contributed by atoms with E-state index in [1.807, 2.05) is 6.07 Å². The Bertz CT molecular complexity index is 602. The first-order valence-corrected chi connectivity index (χ1v) is 8.10. The van der Waals surface area contributed by atoms with Crippen molar-refractivity contribution in [3.8, 4) is 0 Å². The average Bonchev–Trinajstić information content (AvgIpc) is 2.94. The van der Waals surface area contributed by atoms with Gasteiger partial charge in [-0.1, -0.05) is 6.07 Å². The maximum Gasteiger partial charge on any atom is 0.243 e. The first-order chi connectivity index (χ1) is 9.61. The van der Waals surface area contributed by atoms with E-state index in [9.17, 15) is 8.42 Å². The minimum absolute atomic E-state index is 0.167. The van der Waals surface area contributed by atoms with E-state index in [0.717, 1.165) is 17.7 Å². The van der Waals surface area contributed by atoms with Gasteiger partial charge in [-0.05, 0) is 23.3 Å². The van der Waals surface area contributed by atoms with Crippen molar-refractivity contribution < 1.29 is 18.3 Å². The number of hydrogen-bond donors (Lipinski definition) is 2. The van der Waals surface area contributed by atoms with Gasteiger partial charge in [-0.3, -0.25) is 0 Å². The number of benzene rings is 1. The van der Waals surface area contributed by atoms with Crippen LogP contribution in [0.4, 0.5) is 0 Å². The Hall–Kier alpha value is -0.990. The van der Waals surface area contributed by atoms with Crippen molar-refractivity contribution in [3.63, 3.8) is 0 Å². The summed E-state index contributed by atoms with van der Waals surface area (Å²) in [6.07, 6.45) is -0.436. The molecule has 110 valence electrons. The molecule has 2 N–H and O–H groups in total. The van der Waals surface area contributed by atoms with Crippen LogP contribution in [0, 0.1) is 0 Å². The van der Waals surface area contributed by atoms with E-state index in [1.165, 1.54) is 4.31 Å². The minimum atomic E-state index is -3.51. The van der Waals surface area contributed by atoms with E-state index in [4.69, 9.17) is 9.84 Å². The van der Waals surface area contributed by atoms with Crippen molar-refractivity contribution in [1.82, 2.24) is 9.62 Å². The van der Waals surface area contributed by atoms with E-state index in [0.29, 0.717) is 24.6 Å². The standard InChI is InChI=1S/C13H18N2O4S/c16-9-12-8-15(3-4-19-12)20(17,18)13-2-1-10-6-14-7-11(10)5-13/h1-2,5,12,14,16H,3-4,6-9H2. The topological polar surface area (TPSA) is 78.9 Å². The van der Waals surface area contributed by atoms with Gasteiger partial charge in [0.2, 0.25) is 10.0 Å². The third-order valence-electron chi connectivity index (χ3n) is 3.75. The lowest BCUT2D eigenvalue weighted by atomic mass is 10.1. The molecule has 3 rings (SSSR count). The van der Waals surface area contributed by atoms with E-state index in [-0.39, 0.29) is 13.2 Å². The summed E-state index contributed by atoms with van der Waals surface area (Å²) < 4.78 is 31.9. The van der Waals surface area contributed by atoms with Crippen molar-refractivity contribution in [2.24, 2.45) is 0 Å². The van der Waals surface area contributed by atoms with Gasteiger partial charge < -0.3 is 15.2 Å². The first kappa shape index (κ1) is 14.0. The predicted molar refractivity (Wildman–Crippen MR) is 72.6 cm³/mol. The van der Waals surface area contributed by atoms with Crippen LogP contribution in [0.15, 0.2) is 23.1 Å². The molecule has 0 aliphatic carbocycles. The van der Waals surface area contributed by atoms with Crippen LogP contribution in [0.25, 0.3) is 0 Å².